The fourth-order valence-corrected chi connectivity index (χ4v) is 2.49. The van der Waals surface area contributed by atoms with E-state index < -0.39 is 0 Å². The van der Waals surface area contributed by atoms with Gasteiger partial charge in [0.25, 0.3) is 0 Å². The molecule has 1 aromatic carbocycles. The van der Waals surface area contributed by atoms with E-state index in [0.717, 1.165) is 0 Å². The molecule has 0 radical (unpaired) electrons. The number of piperidine rings is 1. The number of likely N-dealkylation sites (tertiary alicyclic amines) is 1. The van der Waals surface area contributed by atoms with E-state index in [-0.39, 0.29) is 0 Å². The minimum Gasteiger partial charge on any atom is -0.328 e. The third kappa shape index (κ3) is 4.49. The topological polar surface area (TPSA) is 29.3 Å². The van der Waals surface area contributed by atoms with Crippen LogP contribution in [-0.2, 0) is 6.42 Å². The number of nitrogens with zero attached hydrogens (tertiary/aromatic N) is 1. The Bertz CT molecular complexity index is 302. The first kappa shape index (κ1) is 12.6. The van der Waals surface area contributed by atoms with Crippen LogP contribution in [0.25, 0.3) is 0 Å². The third-order valence-corrected chi connectivity index (χ3v) is 3.66. The summed E-state index contributed by atoms with van der Waals surface area (Å²) in [5.41, 5.74) is 7.37. The van der Waals surface area contributed by atoms with Crippen LogP contribution in [0.2, 0.25) is 0 Å². The number of rotatable bonds is 5. The quantitative estimate of drug-likeness (QED) is 0.790. The summed E-state index contributed by atoms with van der Waals surface area (Å²) in [4.78, 5) is 2.56. The predicted molar refractivity (Wildman–Crippen MR) is 73.0 cm³/mol. The van der Waals surface area contributed by atoms with Gasteiger partial charge in [0.1, 0.15) is 0 Å². The molecule has 2 nitrogen and oxygen atoms in total. The molecule has 0 aromatic heterocycles. The van der Waals surface area contributed by atoms with Crippen LogP contribution in [0.4, 0.5) is 0 Å². The normalized spacial score (nSPS) is 18.4. The van der Waals surface area contributed by atoms with Crippen molar-refractivity contribution < 1.29 is 0 Å². The Kier molecular flexibility index (Phi) is 5.02. The molecule has 1 heterocycles. The Labute approximate surface area is 105 Å². The average molecular weight is 232 g/mol. The van der Waals surface area contributed by atoms with Crippen LogP contribution < -0.4 is 5.73 Å². The molecule has 1 aliphatic heterocycles. The summed E-state index contributed by atoms with van der Waals surface area (Å²) in [6.07, 6.45) is 6.18. The first-order chi connectivity index (χ1) is 8.34. The van der Waals surface area contributed by atoms with Gasteiger partial charge in [-0.1, -0.05) is 30.3 Å². The molecule has 2 rings (SSSR count). The molecule has 1 aromatic rings. The lowest BCUT2D eigenvalue weighted by Gasteiger charge is -2.29. The Morgan fingerprint density at radius 1 is 1.06 bits per heavy atom. The molecule has 0 amide bonds. The van der Waals surface area contributed by atoms with Crippen molar-refractivity contribution in [3.63, 3.8) is 0 Å². The van der Waals surface area contributed by atoms with Crippen molar-refractivity contribution in [1.29, 1.82) is 0 Å². The van der Waals surface area contributed by atoms with Crippen LogP contribution in [0.15, 0.2) is 30.3 Å². The lowest BCUT2D eigenvalue weighted by molar-refractivity contribution is 0.210. The molecule has 0 atom stereocenters. The van der Waals surface area contributed by atoms with E-state index in [2.05, 4.69) is 35.2 Å². The van der Waals surface area contributed by atoms with Crippen molar-refractivity contribution in [2.45, 2.75) is 38.1 Å². The molecule has 17 heavy (non-hydrogen) atoms. The molecular formula is C15H24N2. The first-order valence-corrected chi connectivity index (χ1v) is 6.86. The van der Waals surface area contributed by atoms with E-state index >= 15 is 0 Å². The van der Waals surface area contributed by atoms with Gasteiger partial charge in [0.05, 0.1) is 0 Å². The van der Waals surface area contributed by atoms with Crippen molar-refractivity contribution in [2.24, 2.45) is 5.73 Å². The highest BCUT2D eigenvalue weighted by atomic mass is 15.1. The summed E-state index contributed by atoms with van der Waals surface area (Å²) in [7, 11) is 0. The second-order valence-corrected chi connectivity index (χ2v) is 5.12. The van der Waals surface area contributed by atoms with Crippen LogP contribution in [0.3, 0.4) is 0 Å². The van der Waals surface area contributed by atoms with E-state index in [0.29, 0.717) is 6.04 Å². The van der Waals surface area contributed by atoms with Crippen molar-refractivity contribution in [3.05, 3.63) is 35.9 Å². The molecule has 2 N–H and O–H groups in total. The number of aryl methyl sites for hydroxylation is 1. The average Bonchev–Trinajstić information content (AvgIpc) is 2.38. The van der Waals surface area contributed by atoms with Crippen molar-refractivity contribution >= 4 is 0 Å². The van der Waals surface area contributed by atoms with Gasteiger partial charge >= 0.3 is 0 Å². The van der Waals surface area contributed by atoms with Gasteiger partial charge in [0.15, 0.2) is 0 Å². The van der Waals surface area contributed by atoms with Crippen molar-refractivity contribution in [1.82, 2.24) is 4.90 Å². The Morgan fingerprint density at radius 3 is 2.47 bits per heavy atom. The van der Waals surface area contributed by atoms with Gasteiger partial charge < -0.3 is 10.6 Å². The summed E-state index contributed by atoms with van der Waals surface area (Å²) in [5.74, 6) is 0. The zero-order valence-corrected chi connectivity index (χ0v) is 10.6. The third-order valence-electron chi connectivity index (χ3n) is 3.66. The maximum absolute atomic E-state index is 5.90. The van der Waals surface area contributed by atoms with Gasteiger partial charge in [-0.3, -0.25) is 0 Å². The van der Waals surface area contributed by atoms with E-state index in [1.807, 2.05) is 0 Å². The Hall–Kier alpha value is -0.860. The highest BCUT2D eigenvalue weighted by molar-refractivity contribution is 5.14. The molecule has 0 spiro atoms. The summed E-state index contributed by atoms with van der Waals surface area (Å²) >= 11 is 0. The largest absolute Gasteiger partial charge is 0.328 e. The number of benzene rings is 1. The summed E-state index contributed by atoms with van der Waals surface area (Å²) in [6, 6.07) is 11.2. The van der Waals surface area contributed by atoms with Crippen molar-refractivity contribution in [3.8, 4) is 0 Å². The van der Waals surface area contributed by atoms with Crippen LogP contribution in [0.5, 0.6) is 0 Å². The van der Waals surface area contributed by atoms with Crippen molar-refractivity contribution in [2.75, 3.05) is 19.6 Å². The van der Waals surface area contributed by atoms with Gasteiger partial charge in [-0.05, 0) is 57.3 Å². The summed E-state index contributed by atoms with van der Waals surface area (Å²) in [5, 5.41) is 0. The van der Waals surface area contributed by atoms with Crippen LogP contribution in [0, 0.1) is 0 Å². The van der Waals surface area contributed by atoms with Gasteiger partial charge in [-0.25, -0.2) is 0 Å². The Morgan fingerprint density at radius 2 is 1.76 bits per heavy atom. The molecule has 1 saturated heterocycles. The lowest BCUT2D eigenvalue weighted by atomic mass is 10.0. The van der Waals surface area contributed by atoms with Gasteiger partial charge in [-0.15, -0.1) is 0 Å². The number of nitrogens with two attached hydrogens (primary N) is 1. The molecule has 0 aliphatic carbocycles. The number of unbranched alkanes of at least 4 members (excludes halogenated alkanes) is 1. The summed E-state index contributed by atoms with van der Waals surface area (Å²) < 4.78 is 0. The molecule has 1 aliphatic rings. The highest BCUT2D eigenvalue weighted by Gasteiger charge is 2.14. The molecule has 0 saturated carbocycles. The zero-order valence-electron chi connectivity index (χ0n) is 10.6. The SMILES string of the molecule is NC1CCN(CCCCc2ccccc2)CC1. The predicted octanol–water partition coefficient (Wildman–Crippen LogP) is 2.43. The Balaban J connectivity index is 1.57. The second-order valence-electron chi connectivity index (χ2n) is 5.12. The van der Waals surface area contributed by atoms with E-state index in [1.165, 1.54) is 57.3 Å². The maximum atomic E-state index is 5.90. The van der Waals surface area contributed by atoms with Crippen LogP contribution in [-0.4, -0.2) is 30.6 Å². The van der Waals surface area contributed by atoms with Crippen LogP contribution >= 0.6 is 0 Å². The van der Waals surface area contributed by atoms with E-state index in [4.69, 9.17) is 5.73 Å². The molecule has 1 fully saturated rings. The highest BCUT2D eigenvalue weighted by Crippen LogP contribution is 2.10. The molecule has 0 unspecified atom stereocenters. The van der Waals surface area contributed by atoms with E-state index in [9.17, 15) is 0 Å². The fraction of sp³-hybridized carbons (Fsp3) is 0.600. The standard InChI is InChI=1S/C15H24N2/c16-15-9-12-17(13-10-15)11-5-4-8-14-6-2-1-3-7-14/h1-3,6-7,15H,4-5,8-13,16H2. The first-order valence-electron chi connectivity index (χ1n) is 6.86. The lowest BCUT2D eigenvalue weighted by Crippen LogP contribution is -2.40. The minimum absolute atomic E-state index is 0.454. The van der Waals surface area contributed by atoms with Gasteiger partial charge in [0.2, 0.25) is 0 Å². The smallest absolute Gasteiger partial charge is 0.00631 e. The van der Waals surface area contributed by atoms with Gasteiger partial charge in [0, 0.05) is 6.04 Å². The van der Waals surface area contributed by atoms with Crippen LogP contribution in [0.1, 0.15) is 31.2 Å². The molecule has 94 valence electrons. The minimum atomic E-state index is 0.454. The van der Waals surface area contributed by atoms with E-state index in [1.54, 1.807) is 0 Å². The maximum Gasteiger partial charge on any atom is 0.00631 e. The van der Waals surface area contributed by atoms with Gasteiger partial charge in [-0.2, -0.15) is 0 Å². The second kappa shape index (κ2) is 6.77. The number of hydrogen-bond donors (Lipinski definition) is 1. The molecule has 0 bridgehead atoms. The fourth-order valence-electron chi connectivity index (χ4n) is 2.49. The molecule has 2 heteroatoms. The summed E-state index contributed by atoms with van der Waals surface area (Å²) in [6.45, 7) is 3.65. The monoisotopic (exact) mass is 232 g/mol. The number of hydrogen-bond acceptors (Lipinski definition) is 2. The zero-order chi connectivity index (χ0) is 11.9. The molecular weight excluding hydrogens is 208 g/mol.